The van der Waals surface area contributed by atoms with E-state index in [-0.39, 0.29) is 29.9 Å². The number of nitrogens with one attached hydrogen (secondary N) is 2. The molecule has 0 saturated heterocycles. The molecule has 29 heavy (non-hydrogen) atoms. The highest BCUT2D eigenvalue weighted by Crippen LogP contribution is 2.36. The van der Waals surface area contributed by atoms with Crippen LogP contribution in [0.4, 0.5) is 5.69 Å². The molecule has 1 atom stereocenters. The van der Waals surface area contributed by atoms with Crippen molar-refractivity contribution in [2.45, 2.75) is 26.2 Å². The smallest absolute Gasteiger partial charge is 0.234 e. The average molecular weight is 470 g/mol. The Balaban J connectivity index is 1.76. The molecule has 1 aliphatic rings. The van der Waals surface area contributed by atoms with Gasteiger partial charge in [0.2, 0.25) is 11.8 Å². The number of allylic oxidation sites excluding steroid dienone is 1. The first kappa shape index (κ1) is 21.2. The molecule has 3 rings (SSSR count). The predicted octanol–water partition coefficient (Wildman–Crippen LogP) is 4.78. The van der Waals surface area contributed by atoms with Crippen LogP contribution in [0.3, 0.4) is 0 Å². The van der Waals surface area contributed by atoms with Crippen LogP contribution in [0.1, 0.15) is 29.0 Å². The lowest BCUT2D eigenvalue weighted by Gasteiger charge is -2.25. The van der Waals surface area contributed by atoms with Crippen molar-refractivity contribution in [3.63, 3.8) is 0 Å². The van der Waals surface area contributed by atoms with Crippen LogP contribution in [0.5, 0.6) is 0 Å². The maximum atomic E-state index is 12.4. The molecule has 1 heterocycles. The molecular formula is C22H20BrN3O2S. The Morgan fingerprint density at radius 1 is 1.28 bits per heavy atom. The quantitative estimate of drug-likeness (QED) is 0.659. The maximum Gasteiger partial charge on any atom is 0.234 e. The lowest BCUT2D eigenvalue weighted by Crippen LogP contribution is -2.31. The number of amides is 2. The number of hydrogen-bond donors (Lipinski definition) is 2. The highest BCUT2D eigenvalue weighted by atomic mass is 79.9. The summed E-state index contributed by atoms with van der Waals surface area (Å²) >= 11 is 4.61. The number of benzene rings is 2. The third-order valence-electron chi connectivity index (χ3n) is 4.46. The van der Waals surface area contributed by atoms with E-state index in [1.807, 2.05) is 56.3 Å². The van der Waals surface area contributed by atoms with E-state index < -0.39 is 0 Å². The summed E-state index contributed by atoms with van der Waals surface area (Å²) in [5.41, 5.74) is 4.25. The van der Waals surface area contributed by atoms with Gasteiger partial charge in [-0.05, 0) is 54.8 Å². The van der Waals surface area contributed by atoms with E-state index in [1.165, 1.54) is 11.8 Å². The van der Waals surface area contributed by atoms with E-state index in [0.29, 0.717) is 10.6 Å². The summed E-state index contributed by atoms with van der Waals surface area (Å²) in [6, 6.07) is 15.7. The van der Waals surface area contributed by atoms with E-state index in [0.717, 1.165) is 26.9 Å². The van der Waals surface area contributed by atoms with Gasteiger partial charge in [0.15, 0.2) is 0 Å². The molecule has 2 aromatic rings. The lowest BCUT2D eigenvalue weighted by molar-refractivity contribution is -0.121. The number of rotatable bonds is 5. The monoisotopic (exact) mass is 469 g/mol. The van der Waals surface area contributed by atoms with Gasteiger partial charge >= 0.3 is 0 Å². The van der Waals surface area contributed by atoms with Crippen molar-refractivity contribution in [3.05, 3.63) is 74.2 Å². The number of thioether (sulfide) groups is 1. The number of nitriles is 1. The van der Waals surface area contributed by atoms with Gasteiger partial charge in [-0.1, -0.05) is 45.9 Å². The zero-order valence-electron chi connectivity index (χ0n) is 16.1. The molecule has 5 nitrogen and oxygen atoms in total. The first-order valence-electron chi connectivity index (χ1n) is 9.06. The number of anilines is 1. The molecule has 0 spiro atoms. The van der Waals surface area contributed by atoms with Gasteiger partial charge in [-0.15, -0.1) is 0 Å². The number of nitrogens with zero attached hydrogens (tertiary/aromatic N) is 1. The molecule has 2 aromatic carbocycles. The summed E-state index contributed by atoms with van der Waals surface area (Å²) in [4.78, 5) is 24.6. The van der Waals surface area contributed by atoms with Gasteiger partial charge in [0.05, 0.1) is 22.4 Å². The third kappa shape index (κ3) is 5.49. The molecule has 0 aliphatic carbocycles. The molecule has 148 valence electrons. The Morgan fingerprint density at radius 3 is 2.66 bits per heavy atom. The van der Waals surface area contributed by atoms with E-state index in [9.17, 15) is 14.9 Å². The van der Waals surface area contributed by atoms with Crippen LogP contribution in [-0.2, 0) is 9.59 Å². The second kappa shape index (κ2) is 9.29. The van der Waals surface area contributed by atoms with Crippen molar-refractivity contribution >= 4 is 45.2 Å². The fourth-order valence-corrected chi connectivity index (χ4v) is 4.62. The fraction of sp³-hybridized carbons (Fsp3) is 0.227. The van der Waals surface area contributed by atoms with Crippen LogP contribution < -0.4 is 10.6 Å². The number of halogens is 1. The second-order valence-corrected chi connectivity index (χ2v) is 8.83. The minimum absolute atomic E-state index is 0.0962. The van der Waals surface area contributed by atoms with Crippen LogP contribution in [0.15, 0.2) is 57.5 Å². The van der Waals surface area contributed by atoms with Crippen molar-refractivity contribution in [1.29, 1.82) is 5.26 Å². The minimum atomic E-state index is -0.323. The average Bonchev–Trinajstić information content (AvgIpc) is 2.65. The number of aryl methyl sites for hydroxylation is 2. The second-order valence-electron chi connectivity index (χ2n) is 6.93. The SMILES string of the molecule is Cc1cc(C)cc(NC(=O)CSC2=C(C#N)[C@@H](c3cccc(Br)c3)CC(=O)N2)c1. The first-order valence-corrected chi connectivity index (χ1v) is 10.8. The summed E-state index contributed by atoms with van der Waals surface area (Å²) < 4.78 is 0.889. The molecule has 0 bridgehead atoms. The van der Waals surface area contributed by atoms with Crippen molar-refractivity contribution in [2.24, 2.45) is 0 Å². The lowest BCUT2D eigenvalue weighted by atomic mass is 9.87. The summed E-state index contributed by atoms with van der Waals surface area (Å²) in [6.45, 7) is 3.95. The molecule has 2 N–H and O–H groups in total. The molecule has 0 fully saturated rings. The van der Waals surface area contributed by atoms with Crippen molar-refractivity contribution in [1.82, 2.24) is 5.32 Å². The predicted molar refractivity (Wildman–Crippen MR) is 119 cm³/mol. The first-order chi connectivity index (χ1) is 13.9. The van der Waals surface area contributed by atoms with Gasteiger partial charge in [-0.2, -0.15) is 5.26 Å². The highest BCUT2D eigenvalue weighted by molar-refractivity contribution is 9.10. The van der Waals surface area contributed by atoms with Crippen molar-refractivity contribution in [2.75, 3.05) is 11.1 Å². The van der Waals surface area contributed by atoms with Crippen molar-refractivity contribution in [3.8, 4) is 6.07 Å². The van der Waals surface area contributed by atoms with E-state index >= 15 is 0 Å². The maximum absolute atomic E-state index is 12.4. The van der Waals surface area contributed by atoms with Crippen LogP contribution in [0, 0.1) is 25.2 Å². The largest absolute Gasteiger partial charge is 0.325 e. The summed E-state index contributed by atoms with van der Waals surface area (Å²) in [5, 5.41) is 15.8. The van der Waals surface area contributed by atoms with E-state index in [4.69, 9.17) is 0 Å². The van der Waals surface area contributed by atoms with E-state index in [1.54, 1.807) is 0 Å². The molecule has 1 aliphatic heterocycles. The molecule has 2 amide bonds. The normalized spacial score (nSPS) is 16.2. The molecule has 0 aromatic heterocycles. The standard InChI is InChI=1S/C22H20BrN3O2S/c1-13-6-14(2)8-17(7-13)25-21(28)12-29-22-19(11-24)18(10-20(27)26-22)15-4-3-5-16(23)9-15/h3-9,18H,10,12H2,1-2H3,(H,25,28)(H,26,27)/t18-/m1/s1. The molecule has 7 heteroatoms. The third-order valence-corrected chi connectivity index (χ3v) is 5.97. The molecule has 0 saturated carbocycles. The zero-order chi connectivity index (χ0) is 21.0. The van der Waals surface area contributed by atoms with E-state index in [2.05, 4.69) is 32.6 Å². The van der Waals surface area contributed by atoms with Gasteiger partial charge in [-0.3, -0.25) is 9.59 Å². The fourth-order valence-electron chi connectivity index (χ4n) is 3.32. The Bertz CT molecular complexity index is 1020. The Hall–Kier alpha value is -2.56. The van der Waals surface area contributed by atoms with Crippen LogP contribution in [0.2, 0.25) is 0 Å². The van der Waals surface area contributed by atoms with Crippen molar-refractivity contribution < 1.29 is 9.59 Å². The van der Waals surface area contributed by atoms with Crippen LogP contribution in [-0.4, -0.2) is 17.6 Å². The van der Waals surface area contributed by atoms with Gasteiger partial charge in [0.25, 0.3) is 0 Å². The number of carbonyl (C=O) groups is 2. The zero-order valence-corrected chi connectivity index (χ0v) is 18.5. The molecule has 0 unspecified atom stereocenters. The summed E-state index contributed by atoms with van der Waals surface area (Å²) in [5.74, 6) is -0.579. The number of hydrogen-bond acceptors (Lipinski definition) is 4. The Labute approximate surface area is 182 Å². The highest BCUT2D eigenvalue weighted by Gasteiger charge is 2.30. The van der Waals surface area contributed by atoms with Gasteiger partial charge in [0.1, 0.15) is 0 Å². The van der Waals surface area contributed by atoms with Gasteiger partial charge in [0, 0.05) is 22.5 Å². The summed E-state index contributed by atoms with van der Waals surface area (Å²) in [6.07, 6.45) is 0.207. The van der Waals surface area contributed by atoms with Crippen LogP contribution >= 0.6 is 27.7 Å². The minimum Gasteiger partial charge on any atom is -0.325 e. The Morgan fingerprint density at radius 2 is 2.00 bits per heavy atom. The van der Waals surface area contributed by atoms with Crippen LogP contribution in [0.25, 0.3) is 0 Å². The number of carbonyl (C=O) groups excluding carboxylic acids is 2. The Kier molecular flexibility index (Phi) is 6.78. The summed E-state index contributed by atoms with van der Waals surface area (Å²) in [7, 11) is 0. The van der Waals surface area contributed by atoms with Gasteiger partial charge < -0.3 is 10.6 Å². The molecule has 0 radical (unpaired) electrons. The van der Waals surface area contributed by atoms with Gasteiger partial charge in [-0.25, -0.2) is 0 Å². The molecular weight excluding hydrogens is 450 g/mol. The topological polar surface area (TPSA) is 82.0 Å².